The molecule has 2 aromatic rings. The van der Waals surface area contributed by atoms with Gasteiger partial charge in [0.05, 0.1) is 11.0 Å². The van der Waals surface area contributed by atoms with Gasteiger partial charge in [0.25, 0.3) is 0 Å². The lowest BCUT2D eigenvalue weighted by molar-refractivity contribution is 0.262. The third-order valence-corrected chi connectivity index (χ3v) is 5.83. The van der Waals surface area contributed by atoms with E-state index in [1.165, 1.54) is 40.7 Å². The van der Waals surface area contributed by atoms with Gasteiger partial charge >= 0.3 is 0 Å². The minimum Gasteiger partial charge on any atom is -0.478 e. The fourth-order valence-corrected chi connectivity index (χ4v) is 4.86. The first-order valence-corrected chi connectivity index (χ1v) is 9.07. The summed E-state index contributed by atoms with van der Waals surface area (Å²) >= 11 is 0. The first kappa shape index (κ1) is 14.3. The van der Waals surface area contributed by atoms with E-state index in [1.807, 2.05) is 0 Å². The Balaban J connectivity index is 1.88. The molecule has 0 aromatic heterocycles. The summed E-state index contributed by atoms with van der Waals surface area (Å²) in [6.45, 7) is 5.02. The van der Waals surface area contributed by atoms with Gasteiger partial charge < -0.3 is 4.74 Å². The average Bonchev–Trinajstić information content (AvgIpc) is 3.00. The summed E-state index contributed by atoms with van der Waals surface area (Å²) in [5.41, 5.74) is 6.81. The maximum absolute atomic E-state index is 6.25. The molecule has 0 fully saturated rings. The van der Waals surface area contributed by atoms with Crippen molar-refractivity contribution >= 4 is 5.90 Å². The van der Waals surface area contributed by atoms with Crippen LogP contribution in [0.1, 0.15) is 49.8 Å². The minimum atomic E-state index is -0.174. The summed E-state index contributed by atoms with van der Waals surface area (Å²) in [7, 11) is 0. The van der Waals surface area contributed by atoms with Crippen LogP contribution in [0.2, 0.25) is 0 Å². The summed E-state index contributed by atoms with van der Waals surface area (Å²) in [4.78, 5) is 5.05. The van der Waals surface area contributed by atoms with Gasteiger partial charge in [-0.25, -0.2) is 4.99 Å². The Kier molecular flexibility index (Phi) is 2.81. The van der Waals surface area contributed by atoms with Gasteiger partial charge in [-0.1, -0.05) is 48.9 Å². The van der Waals surface area contributed by atoms with Crippen molar-refractivity contribution < 1.29 is 4.74 Å². The predicted molar refractivity (Wildman–Crippen MR) is 97.7 cm³/mol. The molecule has 0 radical (unpaired) electrons. The van der Waals surface area contributed by atoms with Crippen LogP contribution in [0.3, 0.4) is 0 Å². The van der Waals surface area contributed by atoms with E-state index in [1.54, 1.807) is 0 Å². The lowest BCUT2D eigenvalue weighted by atomic mass is 9.74. The summed E-state index contributed by atoms with van der Waals surface area (Å²) in [5.74, 6) is 0.952. The van der Waals surface area contributed by atoms with Crippen LogP contribution in [0.15, 0.2) is 47.5 Å². The van der Waals surface area contributed by atoms with Crippen molar-refractivity contribution in [2.45, 2.75) is 50.5 Å². The molecule has 0 spiro atoms. The normalized spacial score (nSPS) is 26.2. The van der Waals surface area contributed by atoms with Crippen LogP contribution in [0.25, 0.3) is 11.1 Å². The number of fused-ring (bicyclic) bond motifs is 3. The maximum atomic E-state index is 6.25. The van der Waals surface area contributed by atoms with Crippen molar-refractivity contribution in [2.24, 2.45) is 4.99 Å². The molecule has 5 rings (SSSR count). The van der Waals surface area contributed by atoms with Crippen LogP contribution in [-0.2, 0) is 16.6 Å². The average molecular weight is 317 g/mol. The van der Waals surface area contributed by atoms with Crippen molar-refractivity contribution in [3.8, 4) is 11.1 Å². The zero-order chi connectivity index (χ0) is 16.4. The molecule has 2 aromatic carbocycles. The van der Waals surface area contributed by atoms with Crippen molar-refractivity contribution in [3.63, 3.8) is 0 Å². The Morgan fingerprint density at radius 3 is 2.62 bits per heavy atom. The smallest absolute Gasteiger partial charge is 0.199 e. The summed E-state index contributed by atoms with van der Waals surface area (Å²) < 4.78 is 6.25. The third kappa shape index (κ3) is 1.74. The number of hydrogen-bond donors (Lipinski definition) is 0. The number of hydrogen-bond acceptors (Lipinski definition) is 2. The molecule has 0 bridgehead atoms. The largest absolute Gasteiger partial charge is 0.478 e. The summed E-state index contributed by atoms with van der Waals surface area (Å²) in [6.07, 6.45) is 4.72. The number of nitrogens with zero attached hydrogens (tertiary/aromatic N) is 1. The Labute approximate surface area is 143 Å². The van der Waals surface area contributed by atoms with Crippen molar-refractivity contribution in [1.82, 2.24) is 0 Å². The van der Waals surface area contributed by atoms with Gasteiger partial charge in [-0.15, -0.1) is 0 Å². The Hall–Kier alpha value is -2.09. The molecule has 2 aliphatic carbocycles. The molecule has 2 heteroatoms. The van der Waals surface area contributed by atoms with E-state index < -0.39 is 0 Å². The SMILES string of the molecule is CC1(C)COC(C23CCCCc4cccc(c42)-c2ccccc23)=N1. The van der Waals surface area contributed by atoms with Crippen LogP contribution < -0.4 is 0 Å². The maximum Gasteiger partial charge on any atom is 0.199 e. The number of rotatable bonds is 1. The number of aliphatic imine (C=N–C) groups is 1. The molecule has 1 heterocycles. The first-order chi connectivity index (χ1) is 11.6. The molecule has 1 unspecified atom stereocenters. The second-order valence-electron chi connectivity index (χ2n) is 8.02. The van der Waals surface area contributed by atoms with Crippen molar-refractivity contribution in [3.05, 3.63) is 59.2 Å². The molecule has 0 N–H and O–H groups in total. The van der Waals surface area contributed by atoms with E-state index in [0.29, 0.717) is 6.61 Å². The molecular formula is C22H23NO. The van der Waals surface area contributed by atoms with Crippen LogP contribution in [-0.4, -0.2) is 18.0 Å². The van der Waals surface area contributed by atoms with Gasteiger partial charge in [-0.05, 0) is 60.9 Å². The molecule has 0 saturated heterocycles. The van der Waals surface area contributed by atoms with Crippen LogP contribution in [0.4, 0.5) is 0 Å². The predicted octanol–water partition coefficient (Wildman–Crippen LogP) is 4.89. The standard InChI is InChI=1S/C22H23NO/c1-21(2)14-24-20(23-21)22-13-6-5-8-15-9-7-11-17(19(15)22)16-10-3-4-12-18(16)22/h3-4,7,9-12H,5-6,8,13-14H2,1-2H3. The van der Waals surface area contributed by atoms with Gasteiger partial charge in [0.2, 0.25) is 0 Å². The molecular weight excluding hydrogens is 294 g/mol. The molecule has 0 amide bonds. The molecule has 24 heavy (non-hydrogen) atoms. The fourth-order valence-electron chi connectivity index (χ4n) is 4.86. The summed E-state index contributed by atoms with van der Waals surface area (Å²) in [6, 6.07) is 15.7. The van der Waals surface area contributed by atoms with E-state index in [4.69, 9.17) is 9.73 Å². The van der Waals surface area contributed by atoms with Gasteiger partial charge in [0.15, 0.2) is 5.90 Å². The highest BCUT2D eigenvalue weighted by Crippen LogP contribution is 2.55. The summed E-state index contributed by atoms with van der Waals surface area (Å²) in [5, 5.41) is 0. The van der Waals surface area contributed by atoms with Gasteiger partial charge in [0.1, 0.15) is 6.61 Å². The Morgan fingerprint density at radius 1 is 0.958 bits per heavy atom. The molecule has 0 saturated carbocycles. The van der Waals surface area contributed by atoms with E-state index in [2.05, 4.69) is 56.3 Å². The number of ether oxygens (including phenoxy) is 1. The van der Waals surface area contributed by atoms with Gasteiger partial charge in [0, 0.05) is 0 Å². The van der Waals surface area contributed by atoms with E-state index in [0.717, 1.165) is 18.7 Å². The fraction of sp³-hybridized carbons (Fsp3) is 0.409. The lowest BCUT2D eigenvalue weighted by Gasteiger charge is -2.31. The quantitative estimate of drug-likeness (QED) is 0.734. The van der Waals surface area contributed by atoms with E-state index in [9.17, 15) is 0 Å². The molecule has 122 valence electrons. The number of aryl methyl sites for hydroxylation is 1. The first-order valence-electron chi connectivity index (χ1n) is 9.07. The molecule has 2 nitrogen and oxygen atoms in total. The van der Waals surface area contributed by atoms with E-state index in [-0.39, 0.29) is 11.0 Å². The molecule has 3 aliphatic rings. The van der Waals surface area contributed by atoms with Crippen LogP contribution in [0, 0.1) is 0 Å². The highest BCUT2D eigenvalue weighted by molar-refractivity contribution is 6.02. The van der Waals surface area contributed by atoms with Gasteiger partial charge in [-0.2, -0.15) is 0 Å². The highest BCUT2D eigenvalue weighted by Gasteiger charge is 2.52. The minimum absolute atomic E-state index is 0.122. The second-order valence-corrected chi connectivity index (χ2v) is 8.02. The zero-order valence-corrected chi connectivity index (χ0v) is 14.4. The van der Waals surface area contributed by atoms with Crippen LogP contribution in [0.5, 0.6) is 0 Å². The second kappa shape index (κ2) is 4.72. The van der Waals surface area contributed by atoms with E-state index >= 15 is 0 Å². The highest BCUT2D eigenvalue weighted by atomic mass is 16.5. The van der Waals surface area contributed by atoms with Crippen LogP contribution >= 0.6 is 0 Å². The molecule has 1 aliphatic heterocycles. The van der Waals surface area contributed by atoms with Gasteiger partial charge in [-0.3, -0.25) is 0 Å². The third-order valence-electron chi connectivity index (χ3n) is 5.83. The Bertz CT molecular complexity index is 864. The topological polar surface area (TPSA) is 21.6 Å². The number of benzene rings is 2. The van der Waals surface area contributed by atoms with Crippen molar-refractivity contribution in [1.29, 1.82) is 0 Å². The monoisotopic (exact) mass is 317 g/mol. The van der Waals surface area contributed by atoms with Crippen molar-refractivity contribution in [2.75, 3.05) is 6.61 Å². The lowest BCUT2D eigenvalue weighted by Crippen LogP contribution is -2.36. The zero-order valence-electron chi connectivity index (χ0n) is 14.4. The molecule has 1 atom stereocenters. The Morgan fingerprint density at radius 2 is 1.79 bits per heavy atom.